The van der Waals surface area contributed by atoms with Crippen LogP contribution in [0.4, 0.5) is 0 Å². The van der Waals surface area contributed by atoms with Gasteiger partial charge in [-0.15, -0.1) is 0 Å². The zero-order valence-corrected chi connectivity index (χ0v) is 22.7. The number of aliphatic hydroxyl groups is 4. The van der Waals surface area contributed by atoms with Gasteiger partial charge in [0.2, 0.25) is 0 Å². The average Bonchev–Trinajstić information content (AvgIpc) is 2.98. The Bertz CT molecular complexity index is 1310. The number of benzene rings is 3. The number of rotatable bonds is 11. The van der Waals surface area contributed by atoms with Crippen molar-refractivity contribution in [2.75, 3.05) is 41.2 Å². The van der Waals surface area contributed by atoms with Gasteiger partial charge in [0.05, 0.1) is 27.9 Å². The van der Waals surface area contributed by atoms with Crippen LogP contribution >= 0.6 is 0 Å². The average molecular weight is 557 g/mol. The van der Waals surface area contributed by atoms with Crippen LogP contribution in [0.15, 0.2) is 48.5 Å². The predicted molar refractivity (Wildman–Crippen MR) is 145 cm³/mol. The minimum absolute atomic E-state index is 0.0251. The van der Waals surface area contributed by atoms with Crippen LogP contribution in [0.1, 0.15) is 34.3 Å². The van der Waals surface area contributed by atoms with Crippen molar-refractivity contribution in [3.05, 3.63) is 70.8 Å². The fourth-order valence-electron chi connectivity index (χ4n) is 5.51. The third-order valence-electron chi connectivity index (χ3n) is 7.64. The molecule has 3 aromatic carbocycles. The third-order valence-corrected chi connectivity index (χ3v) is 7.64. The van der Waals surface area contributed by atoms with Gasteiger partial charge in [-0.25, -0.2) is 0 Å². The molecule has 0 aliphatic heterocycles. The van der Waals surface area contributed by atoms with Gasteiger partial charge in [-0.1, -0.05) is 12.1 Å². The molecule has 5 unspecified atom stereocenters. The molecule has 40 heavy (non-hydrogen) atoms. The number of aromatic hydroxyl groups is 2. The van der Waals surface area contributed by atoms with E-state index < -0.39 is 18.8 Å². The largest absolute Gasteiger partial charge is 0.504 e. The summed E-state index contributed by atoms with van der Waals surface area (Å²) in [5.74, 6) is 0.0452. The Balaban J connectivity index is 1.69. The van der Waals surface area contributed by atoms with Gasteiger partial charge in [0, 0.05) is 19.1 Å². The summed E-state index contributed by atoms with van der Waals surface area (Å²) in [6.07, 6.45) is -1.81. The van der Waals surface area contributed by atoms with Crippen molar-refractivity contribution in [2.45, 2.75) is 24.5 Å². The first-order valence-corrected chi connectivity index (χ1v) is 12.9. The van der Waals surface area contributed by atoms with Gasteiger partial charge in [-0.05, 0) is 76.9 Å². The lowest BCUT2D eigenvalue weighted by molar-refractivity contribution is -0.000539. The topological polar surface area (TPSA) is 158 Å². The normalized spacial score (nSPS) is 19.8. The van der Waals surface area contributed by atoms with Crippen molar-refractivity contribution in [1.29, 1.82) is 0 Å². The van der Waals surface area contributed by atoms with Crippen molar-refractivity contribution < 1.29 is 49.6 Å². The van der Waals surface area contributed by atoms with Crippen molar-refractivity contribution >= 4 is 0 Å². The summed E-state index contributed by atoms with van der Waals surface area (Å²) < 4.78 is 22.0. The number of ether oxygens (including phenoxy) is 4. The van der Waals surface area contributed by atoms with E-state index in [1.807, 2.05) is 0 Å². The molecule has 10 nitrogen and oxygen atoms in total. The summed E-state index contributed by atoms with van der Waals surface area (Å²) >= 11 is 0. The molecule has 0 heterocycles. The molecule has 0 saturated heterocycles. The Labute approximate surface area is 232 Å². The fraction of sp³-hybridized carbons (Fsp3) is 0.400. The van der Waals surface area contributed by atoms with E-state index in [0.29, 0.717) is 23.5 Å². The van der Waals surface area contributed by atoms with Crippen LogP contribution in [0.25, 0.3) is 0 Å². The molecule has 0 fully saturated rings. The van der Waals surface area contributed by atoms with Crippen molar-refractivity contribution in [3.8, 4) is 34.5 Å². The number of phenols is 2. The van der Waals surface area contributed by atoms with Crippen molar-refractivity contribution in [3.63, 3.8) is 0 Å². The minimum atomic E-state index is -1.25. The number of hydrogen-bond acceptors (Lipinski definition) is 10. The lowest BCUT2D eigenvalue weighted by atomic mass is 9.67. The van der Waals surface area contributed by atoms with E-state index in [0.717, 1.165) is 16.7 Å². The summed E-state index contributed by atoms with van der Waals surface area (Å²) in [5.41, 5.74) is 2.84. The smallest absolute Gasteiger partial charge is 0.161 e. The molecule has 0 aromatic heterocycles. The summed E-state index contributed by atoms with van der Waals surface area (Å²) in [4.78, 5) is 0. The molecule has 1 aliphatic carbocycles. The first-order chi connectivity index (χ1) is 19.3. The molecule has 0 amide bonds. The number of hydrogen-bond donors (Lipinski definition) is 6. The maximum Gasteiger partial charge on any atom is 0.161 e. The molecular formula is C30H36O10. The Morgan fingerprint density at radius 1 is 0.775 bits per heavy atom. The standard InChI is InChI=1S/C30H36O10/c1-37-25-10-17(4-6-22(25)34)30(36)28(15-33)40-24-7-5-16(9-27(24)39-3)29-20-12-23(35)26(38-2)11-18(20)8-19(13-31)21(29)14-32/h4-7,9-12,19,21,28-36H,8,13-15H2,1-3H3. The van der Waals surface area contributed by atoms with Crippen LogP contribution in [0.5, 0.6) is 34.5 Å². The molecule has 4 rings (SSSR count). The maximum atomic E-state index is 10.9. The number of aliphatic hydroxyl groups excluding tert-OH is 4. The van der Waals surface area contributed by atoms with E-state index in [9.17, 15) is 30.6 Å². The Hall–Kier alpha value is -3.70. The summed E-state index contributed by atoms with van der Waals surface area (Å²) in [5, 5.41) is 61.8. The summed E-state index contributed by atoms with van der Waals surface area (Å²) in [6, 6.07) is 12.9. The molecule has 5 atom stereocenters. The van der Waals surface area contributed by atoms with Crippen LogP contribution < -0.4 is 18.9 Å². The van der Waals surface area contributed by atoms with E-state index in [-0.39, 0.29) is 54.0 Å². The number of phenolic OH excluding ortho intramolecular Hbond substituents is 2. The molecule has 0 radical (unpaired) electrons. The van der Waals surface area contributed by atoms with Gasteiger partial charge in [-0.2, -0.15) is 0 Å². The Kier molecular flexibility index (Phi) is 9.26. The highest BCUT2D eigenvalue weighted by molar-refractivity contribution is 5.54. The lowest BCUT2D eigenvalue weighted by Crippen LogP contribution is -2.35. The van der Waals surface area contributed by atoms with Crippen molar-refractivity contribution in [1.82, 2.24) is 0 Å². The van der Waals surface area contributed by atoms with Crippen LogP contribution in [0.3, 0.4) is 0 Å². The highest BCUT2D eigenvalue weighted by Crippen LogP contribution is 2.48. The van der Waals surface area contributed by atoms with E-state index in [1.165, 1.54) is 39.5 Å². The zero-order valence-electron chi connectivity index (χ0n) is 22.7. The predicted octanol–water partition coefficient (Wildman–Crippen LogP) is 2.50. The molecular weight excluding hydrogens is 520 g/mol. The van der Waals surface area contributed by atoms with Gasteiger partial charge in [0.1, 0.15) is 6.10 Å². The number of methoxy groups -OCH3 is 3. The third kappa shape index (κ3) is 5.62. The van der Waals surface area contributed by atoms with Crippen LogP contribution in [0, 0.1) is 11.8 Å². The fourth-order valence-corrected chi connectivity index (χ4v) is 5.51. The van der Waals surface area contributed by atoms with E-state index in [1.54, 1.807) is 30.3 Å². The second-order valence-electron chi connectivity index (χ2n) is 9.82. The Morgan fingerprint density at radius 2 is 1.48 bits per heavy atom. The van der Waals surface area contributed by atoms with Gasteiger partial charge < -0.3 is 49.6 Å². The molecule has 6 N–H and O–H groups in total. The molecule has 0 bridgehead atoms. The first-order valence-electron chi connectivity index (χ1n) is 12.9. The maximum absolute atomic E-state index is 10.9. The van der Waals surface area contributed by atoms with Crippen LogP contribution in [0.2, 0.25) is 0 Å². The molecule has 216 valence electrons. The highest BCUT2D eigenvalue weighted by Gasteiger charge is 2.38. The molecule has 0 spiro atoms. The monoisotopic (exact) mass is 556 g/mol. The highest BCUT2D eigenvalue weighted by atomic mass is 16.5. The van der Waals surface area contributed by atoms with E-state index >= 15 is 0 Å². The summed E-state index contributed by atoms with van der Waals surface area (Å²) in [6.45, 7) is -0.824. The first kappa shape index (κ1) is 29.3. The second kappa shape index (κ2) is 12.6. The molecule has 0 saturated carbocycles. The molecule has 1 aliphatic rings. The van der Waals surface area contributed by atoms with Gasteiger partial charge in [0.25, 0.3) is 0 Å². The summed E-state index contributed by atoms with van der Waals surface area (Å²) in [7, 11) is 4.33. The quantitative estimate of drug-likeness (QED) is 0.207. The lowest BCUT2D eigenvalue weighted by Gasteiger charge is -2.39. The zero-order chi connectivity index (χ0) is 29.0. The Morgan fingerprint density at radius 3 is 2.10 bits per heavy atom. The SMILES string of the molecule is COc1cc(C(O)C(CO)Oc2ccc(C3c4cc(O)c(OC)cc4CC(CO)C3CO)cc2OC)ccc1O. The van der Waals surface area contributed by atoms with Gasteiger partial charge >= 0.3 is 0 Å². The van der Waals surface area contributed by atoms with E-state index in [4.69, 9.17) is 18.9 Å². The van der Waals surface area contributed by atoms with Crippen LogP contribution in [-0.2, 0) is 6.42 Å². The van der Waals surface area contributed by atoms with E-state index in [2.05, 4.69) is 0 Å². The number of fused-ring (bicyclic) bond motifs is 1. The van der Waals surface area contributed by atoms with Gasteiger partial charge in [-0.3, -0.25) is 0 Å². The molecule has 10 heteroatoms. The van der Waals surface area contributed by atoms with Crippen molar-refractivity contribution in [2.24, 2.45) is 11.8 Å². The van der Waals surface area contributed by atoms with Gasteiger partial charge in [0.15, 0.2) is 40.6 Å². The van der Waals surface area contributed by atoms with Crippen LogP contribution in [-0.4, -0.2) is 77.9 Å². The second-order valence-corrected chi connectivity index (χ2v) is 9.82. The molecule has 3 aromatic rings. The minimum Gasteiger partial charge on any atom is -0.504 e.